The average Bonchev–Trinajstić information content (AvgIpc) is 3.14. The molecule has 1 aromatic rings. The number of piperidine rings is 1. The molecule has 2 heterocycles. The Balaban J connectivity index is 1.46. The van der Waals surface area contributed by atoms with Gasteiger partial charge in [0, 0.05) is 32.2 Å². The smallest absolute Gasteiger partial charge is 0.223 e. The molecular formula is C18H26N2O4S. The van der Waals surface area contributed by atoms with Gasteiger partial charge in [-0.1, -0.05) is 30.3 Å². The van der Waals surface area contributed by atoms with Crippen molar-refractivity contribution in [2.75, 3.05) is 26.2 Å². The maximum atomic E-state index is 12.5. The molecule has 0 aliphatic carbocycles. The van der Waals surface area contributed by atoms with Crippen molar-refractivity contribution in [1.29, 1.82) is 0 Å². The van der Waals surface area contributed by atoms with E-state index in [-0.39, 0.29) is 23.7 Å². The summed E-state index contributed by atoms with van der Waals surface area (Å²) in [5.41, 5.74) is 0.791. The van der Waals surface area contributed by atoms with E-state index in [1.54, 1.807) is 0 Å². The molecule has 7 heteroatoms. The van der Waals surface area contributed by atoms with Gasteiger partial charge in [-0.05, 0) is 31.2 Å². The van der Waals surface area contributed by atoms with Crippen molar-refractivity contribution in [3.05, 3.63) is 35.9 Å². The first kappa shape index (κ1) is 18.4. The molecular weight excluding hydrogens is 340 g/mol. The zero-order valence-electron chi connectivity index (χ0n) is 14.4. The number of hydrogen-bond acceptors (Lipinski definition) is 4. The van der Waals surface area contributed by atoms with Crippen molar-refractivity contribution in [1.82, 2.24) is 9.62 Å². The van der Waals surface area contributed by atoms with Crippen LogP contribution in [0.2, 0.25) is 0 Å². The summed E-state index contributed by atoms with van der Waals surface area (Å²) in [6.45, 7) is 2.16. The molecule has 0 radical (unpaired) electrons. The number of carbonyl (C=O) groups excluding carboxylic acids is 1. The van der Waals surface area contributed by atoms with Crippen LogP contribution in [0.1, 0.15) is 31.2 Å². The molecule has 0 saturated carbocycles. The Labute approximate surface area is 149 Å². The highest BCUT2D eigenvalue weighted by Crippen LogP contribution is 2.22. The lowest BCUT2D eigenvalue weighted by Crippen LogP contribution is -2.44. The van der Waals surface area contributed by atoms with Gasteiger partial charge in [0.05, 0.1) is 11.9 Å². The normalized spacial score (nSPS) is 22.8. The molecule has 1 atom stereocenters. The molecule has 3 rings (SSSR count). The molecule has 1 amide bonds. The Hall–Kier alpha value is -1.44. The van der Waals surface area contributed by atoms with E-state index in [0.29, 0.717) is 32.5 Å². The van der Waals surface area contributed by atoms with E-state index >= 15 is 0 Å². The van der Waals surface area contributed by atoms with Gasteiger partial charge < -0.3 is 10.1 Å². The molecule has 2 aliphatic rings. The maximum absolute atomic E-state index is 12.5. The van der Waals surface area contributed by atoms with Crippen molar-refractivity contribution >= 4 is 15.9 Å². The number of nitrogens with zero attached hydrogens (tertiary/aromatic N) is 1. The Morgan fingerprint density at radius 3 is 2.52 bits per heavy atom. The van der Waals surface area contributed by atoms with Crippen molar-refractivity contribution in [3.63, 3.8) is 0 Å². The van der Waals surface area contributed by atoms with E-state index in [4.69, 9.17) is 4.74 Å². The van der Waals surface area contributed by atoms with Crippen LogP contribution in [0.25, 0.3) is 0 Å². The summed E-state index contributed by atoms with van der Waals surface area (Å²) in [5, 5.41) is 2.96. The number of nitrogens with one attached hydrogen (secondary N) is 1. The average molecular weight is 366 g/mol. The highest BCUT2D eigenvalue weighted by Gasteiger charge is 2.31. The second kappa shape index (κ2) is 8.29. The lowest BCUT2D eigenvalue weighted by atomic mass is 9.97. The summed E-state index contributed by atoms with van der Waals surface area (Å²) in [7, 11) is -3.33. The minimum absolute atomic E-state index is 0.0176. The van der Waals surface area contributed by atoms with Crippen LogP contribution in [-0.2, 0) is 25.3 Å². The standard InChI is InChI=1S/C18H26N2O4S/c21-18(19-13-17-7-4-12-24-17)16-8-10-20(11-9-16)25(22,23)14-15-5-2-1-3-6-15/h1-3,5-6,16-17H,4,7-14H2,(H,19,21)/t17-/m0/s1. The highest BCUT2D eigenvalue weighted by atomic mass is 32.2. The molecule has 25 heavy (non-hydrogen) atoms. The third-order valence-corrected chi connectivity index (χ3v) is 6.79. The molecule has 138 valence electrons. The fraction of sp³-hybridized carbons (Fsp3) is 0.611. The lowest BCUT2D eigenvalue weighted by molar-refractivity contribution is -0.126. The van der Waals surface area contributed by atoms with Crippen LogP contribution in [0.4, 0.5) is 0 Å². The summed E-state index contributed by atoms with van der Waals surface area (Å²) in [6.07, 6.45) is 3.33. The number of carbonyl (C=O) groups is 1. The van der Waals surface area contributed by atoms with Gasteiger partial charge in [-0.3, -0.25) is 4.79 Å². The first-order chi connectivity index (χ1) is 12.0. The molecule has 6 nitrogen and oxygen atoms in total. The van der Waals surface area contributed by atoms with Gasteiger partial charge in [-0.25, -0.2) is 12.7 Å². The number of benzene rings is 1. The van der Waals surface area contributed by atoms with Crippen molar-refractivity contribution < 1.29 is 17.9 Å². The minimum Gasteiger partial charge on any atom is -0.376 e. The van der Waals surface area contributed by atoms with Gasteiger partial charge in [-0.2, -0.15) is 0 Å². The summed E-state index contributed by atoms with van der Waals surface area (Å²) in [6, 6.07) is 9.20. The Bertz CT molecular complexity index is 664. The third-order valence-electron chi connectivity index (χ3n) is 4.94. The molecule has 1 N–H and O–H groups in total. The van der Waals surface area contributed by atoms with Crippen molar-refractivity contribution in [2.45, 2.75) is 37.5 Å². The SMILES string of the molecule is O=C(NC[C@@H]1CCCO1)C1CCN(S(=O)(=O)Cc2ccccc2)CC1. The van der Waals surface area contributed by atoms with Crippen LogP contribution >= 0.6 is 0 Å². The van der Waals surface area contributed by atoms with Crippen LogP contribution in [-0.4, -0.2) is 51.0 Å². The molecule has 2 saturated heterocycles. The number of rotatable bonds is 6. The molecule has 0 unspecified atom stereocenters. The van der Waals surface area contributed by atoms with E-state index < -0.39 is 10.0 Å². The second-order valence-electron chi connectivity index (χ2n) is 6.80. The number of hydrogen-bond donors (Lipinski definition) is 1. The van der Waals surface area contributed by atoms with Crippen molar-refractivity contribution in [3.8, 4) is 0 Å². The molecule has 0 bridgehead atoms. The van der Waals surface area contributed by atoms with Gasteiger partial charge in [0.25, 0.3) is 0 Å². The number of sulfonamides is 1. The predicted octanol–water partition coefficient (Wildman–Crippen LogP) is 1.52. The van der Waals surface area contributed by atoms with Crippen LogP contribution in [0, 0.1) is 5.92 Å². The maximum Gasteiger partial charge on any atom is 0.223 e. The molecule has 2 aliphatic heterocycles. The van der Waals surface area contributed by atoms with Crippen LogP contribution in [0.5, 0.6) is 0 Å². The zero-order valence-corrected chi connectivity index (χ0v) is 15.2. The van der Waals surface area contributed by atoms with Gasteiger partial charge in [0.1, 0.15) is 0 Å². The first-order valence-corrected chi connectivity index (χ1v) is 10.6. The van der Waals surface area contributed by atoms with E-state index in [9.17, 15) is 13.2 Å². The van der Waals surface area contributed by atoms with E-state index in [2.05, 4.69) is 5.32 Å². The topological polar surface area (TPSA) is 75.7 Å². The van der Waals surface area contributed by atoms with E-state index in [0.717, 1.165) is 25.0 Å². The highest BCUT2D eigenvalue weighted by molar-refractivity contribution is 7.88. The molecule has 0 aromatic heterocycles. The minimum atomic E-state index is -3.33. The Kier molecular flexibility index (Phi) is 6.09. The van der Waals surface area contributed by atoms with Crippen LogP contribution < -0.4 is 5.32 Å². The van der Waals surface area contributed by atoms with Gasteiger partial charge >= 0.3 is 0 Å². The third kappa shape index (κ3) is 5.03. The van der Waals surface area contributed by atoms with Crippen LogP contribution in [0.15, 0.2) is 30.3 Å². The molecule has 1 aromatic carbocycles. The summed E-state index contributed by atoms with van der Waals surface area (Å²) >= 11 is 0. The Morgan fingerprint density at radius 1 is 1.16 bits per heavy atom. The predicted molar refractivity (Wildman–Crippen MR) is 95.3 cm³/mol. The van der Waals surface area contributed by atoms with Crippen molar-refractivity contribution in [2.24, 2.45) is 5.92 Å². The second-order valence-corrected chi connectivity index (χ2v) is 8.76. The monoisotopic (exact) mass is 366 g/mol. The summed E-state index contributed by atoms with van der Waals surface area (Å²) < 4.78 is 32.1. The fourth-order valence-corrected chi connectivity index (χ4v) is 5.00. The summed E-state index contributed by atoms with van der Waals surface area (Å²) in [5.74, 6) is -0.0656. The zero-order chi connectivity index (χ0) is 17.7. The summed E-state index contributed by atoms with van der Waals surface area (Å²) in [4.78, 5) is 12.3. The van der Waals surface area contributed by atoms with Crippen LogP contribution in [0.3, 0.4) is 0 Å². The number of amides is 1. The van der Waals surface area contributed by atoms with E-state index in [1.807, 2.05) is 30.3 Å². The van der Waals surface area contributed by atoms with Gasteiger partial charge in [0.15, 0.2) is 0 Å². The fourth-order valence-electron chi connectivity index (χ4n) is 3.44. The quantitative estimate of drug-likeness (QED) is 0.828. The molecule has 0 spiro atoms. The van der Waals surface area contributed by atoms with Gasteiger partial charge in [0.2, 0.25) is 15.9 Å². The number of ether oxygens (including phenoxy) is 1. The lowest BCUT2D eigenvalue weighted by Gasteiger charge is -2.30. The van der Waals surface area contributed by atoms with E-state index in [1.165, 1.54) is 4.31 Å². The van der Waals surface area contributed by atoms with Gasteiger partial charge in [-0.15, -0.1) is 0 Å². The Morgan fingerprint density at radius 2 is 1.88 bits per heavy atom. The largest absolute Gasteiger partial charge is 0.376 e. The molecule has 2 fully saturated rings. The first-order valence-electron chi connectivity index (χ1n) is 8.95.